The number of halogens is 3. The number of carboxylic acids is 1. The summed E-state index contributed by atoms with van der Waals surface area (Å²) in [6.45, 7) is 7.17. The van der Waals surface area contributed by atoms with Crippen LogP contribution in [0.15, 0.2) is 220 Å². The van der Waals surface area contributed by atoms with E-state index in [1.165, 1.54) is 22.2 Å². The van der Waals surface area contributed by atoms with Gasteiger partial charge in [0.2, 0.25) is 23.6 Å². The summed E-state index contributed by atoms with van der Waals surface area (Å²) in [7, 11) is 6.83. The first-order valence-corrected chi connectivity index (χ1v) is 35.8. The first kappa shape index (κ1) is 79.7. The maximum atomic E-state index is 12.4. The van der Waals surface area contributed by atoms with Crippen LogP contribution in [0.5, 0.6) is 0 Å². The van der Waals surface area contributed by atoms with Crippen LogP contribution in [0.3, 0.4) is 0 Å². The van der Waals surface area contributed by atoms with E-state index in [0.717, 1.165) is 33.5 Å². The van der Waals surface area contributed by atoms with E-state index in [4.69, 9.17) is 45.0 Å². The lowest BCUT2D eigenvalue weighted by molar-refractivity contribution is 0.0690. The van der Waals surface area contributed by atoms with Crippen molar-refractivity contribution < 1.29 is 37.2 Å². The Morgan fingerprint density at radius 2 is 0.681 bits per heavy atom. The maximum Gasteiger partial charge on any atom is 0.358 e. The third-order valence-electron chi connectivity index (χ3n) is 15.4. The highest BCUT2D eigenvalue weighted by Crippen LogP contribution is 2.33. The Bertz CT molecular complexity index is 5710. The van der Waals surface area contributed by atoms with Gasteiger partial charge in [0.25, 0.3) is 35.4 Å². The van der Waals surface area contributed by atoms with Crippen LogP contribution in [0.1, 0.15) is 67.6 Å². The molecule has 0 aliphatic carbocycles. The molecule has 6 aromatic carbocycles. The lowest BCUT2D eigenvalue weighted by Crippen LogP contribution is -2.21. The molecule has 0 spiro atoms. The highest BCUT2D eigenvalue weighted by atomic mass is 79.9. The van der Waals surface area contributed by atoms with Gasteiger partial charge in [-0.15, -0.1) is 52.6 Å². The number of anilines is 3. The van der Waals surface area contributed by atoms with E-state index in [1.54, 1.807) is 91.0 Å². The summed E-state index contributed by atoms with van der Waals surface area (Å²) in [4.78, 5) is 80.1. The molecule has 9 heterocycles. The van der Waals surface area contributed by atoms with E-state index in [9.17, 15) is 14.4 Å². The number of hydrogen-bond donors (Lipinski definition) is 4. The van der Waals surface area contributed by atoms with Gasteiger partial charge in [-0.3, -0.25) is 19.6 Å². The normalized spacial score (nSPS) is 10.4. The molecule has 0 saturated carbocycles. The van der Waals surface area contributed by atoms with Gasteiger partial charge in [-0.05, 0) is 148 Å². The number of aryl methyl sites for hydroxylation is 2. The van der Waals surface area contributed by atoms with Crippen LogP contribution < -0.4 is 17.2 Å². The molecule has 0 aliphatic rings. The number of aromatic carboxylic acids is 1. The summed E-state index contributed by atoms with van der Waals surface area (Å²) in [6, 6.07) is 48.7. The predicted molar refractivity (Wildman–Crippen MR) is 430 cm³/mol. The van der Waals surface area contributed by atoms with Crippen LogP contribution in [0.2, 0.25) is 0 Å². The third kappa shape index (κ3) is 20.1. The molecule has 0 saturated heterocycles. The van der Waals surface area contributed by atoms with Gasteiger partial charge in [0.05, 0.1) is 53.8 Å². The molecular weight excluding hydrogens is 1640 g/mol. The summed E-state index contributed by atoms with van der Waals surface area (Å²) >= 11 is 9.48. The summed E-state index contributed by atoms with van der Waals surface area (Å²) < 4.78 is 24.4. The number of nitrogen functional groups attached to an aromatic ring is 3. The molecule has 562 valence electrons. The van der Waals surface area contributed by atoms with Gasteiger partial charge in [-0.1, -0.05) is 96.8 Å². The zero-order valence-electron chi connectivity index (χ0n) is 61.0. The minimum atomic E-state index is -1.18. The second-order valence-corrected chi connectivity index (χ2v) is 26.2. The van der Waals surface area contributed by atoms with Crippen molar-refractivity contribution in [1.29, 1.82) is 0 Å². The van der Waals surface area contributed by atoms with Crippen molar-refractivity contribution in [1.82, 2.24) is 100 Å². The van der Waals surface area contributed by atoms with Gasteiger partial charge in [0.1, 0.15) is 25.2 Å². The first-order chi connectivity index (χ1) is 54.5. The zero-order valence-corrected chi connectivity index (χ0v) is 65.8. The predicted octanol–water partition coefficient (Wildman–Crippen LogP) is 14.1. The number of rotatable bonds is 13. The molecule has 34 heteroatoms. The number of benzene rings is 6. The number of carbonyl (C=O) groups excluding carboxylic acids is 2. The zero-order chi connectivity index (χ0) is 80.2. The molecule has 31 nitrogen and oxygen atoms in total. The number of nitrogens with two attached hydrogens (primary N) is 3. The number of nitrogens with zero attached hydrogens (tertiary/aromatic N) is 20. The summed E-state index contributed by atoms with van der Waals surface area (Å²) in [6.07, 6.45) is 7.70. The van der Waals surface area contributed by atoms with E-state index >= 15 is 0 Å². The molecule has 113 heavy (non-hydrogen) atoms. The molecule has 9 aromatic heterocycles. The number of aromatic nitrogens is 18. The molecule has 15 aromatic rings. The molecule has 0 radical (unpaired) electrons. The van der Waals surface area contributed by atoms with Crippen molar-refractivity contribution in [3.05, 3.63) is 242 Å². The Morgan fingerprint density at radius 3 is 1.05 bits per heavy atom. The molecule has 15 rings (SSSR count). The van der Waals surface area contributed by atoms with E-state index in [1.807, 2.05) is 141 Å². The highest BCUT2D eigenvalue weighted by Gasteiger charge is 2.23. The van der Waals surface area contributed by atoms with Crippen LogP contribution in [-0.2, 0) is 0 Å². The number of carbonyl (C=O) groups is 3. The molecule has 7 N–H and O–H groups in total. The van der Waals surface area contributed by atoms with Gasteiger partial charge in [0.15, 0.2) is 34.5 Å². The summed E-state index contributed by atoms with van der Waals surface area (Å²) in [5.74, 6) is 13.5. The minimum absolute atomic E-state index is 0.0827. The van der Waals surface area contributed by atoms with E-state index in [2.05, 4.69) is 157 Å². The van der Waals surface area contributed by atoms with Crippen molar-refractivity contribution in [2.75, 3.05) is 45.4 Å². The Labute approximate surface area is 669 Å². The van der Waals surface area contributed by atoms with Crippen LogP contribution in [-0.4, -0.2) is 152 Å². The SMILES string of the molecule is CC#Cc1cc(C(=O)N(C)C)ccc1-c1cnc(C)c(-c2nnc(-c3ccccc3)o2)n1.CC#Cc1cc(C(=O)N(C)C)ccc1-c1cnc(N)c(-c2nnc(-c3ccccc3)o2)n1.Cc1ncc(Br)nc1-c1nnc(-c2ccccc2)o1.Nc1ncc(Br)nc1-c1nnc(-c2ccccc2)o1.Nc1ncc(Br)nc1C(=O)O. The Morgan fingerprint density at radius 1 is 0.381 bits per heavy atom. The topological polar surface area (TPSA) is 441 Å². The van der Waals surface area contributed by atoms with Crippen molar-refractivity contribution in [2.45, 2.75) is 27.7 Å². The fraction of sp³-hybridized carbons (Fsp3) is 0.101. The van der Waals surface area contributed by atoms with E-state index in [0.29, 0.717) is 111 Å². The smallest absolute Gasteiger partial charge is 0.358 e. The summed E-state index contributed by atoms with van der Waals surface area (Å²) in [5, 5.41) is 41.0. The van der Waals surface area contributed by atoms with E-state index in [-0.39, 0.29) is 52.4 Å². The fourth-order valence-electron chi connectivity index (χ4n) is 10.0. The van der Waals surface area contributed by atoms with Gasteiger partial charge in [-0.2, -0.15) is 0 Å². The minimum Gasteiger partial charge on any atom is -0.476 e. The van der Waals surface area contributed by atoms with Gasteiger partial charge >= 0.3 is 5.97 Å². The Balaban J connectivity index is 0.000000145. The summed E-state index contributed by atoms with van der Waals surface area (Å²) in [5.41, 5.74) is 28.3. The largest absolute Gasteiger partial charge is 0.476 e. The Hall–Kier alpha value is -14.4. The van der Waals surface area contributed by atoms with Crippen molar-refractivity contribution >= 4 is 83.0 Å². The van der Waals surface area contributed by atoms with Crippen LogP contribution >= 0.6 is 47.8 Å². The average Bonchev–Trinajstić information content (AvgIpc) is 0.976. The fourth-order valence-corrected chi connectivity index (χ4v) is 10.9. The second-order valence-electron chi connectivity index (χ2n) is 23.7. The van der Waals surface area contributed by atoms with Gasteiger partial charge in [-0.25, -0.2) is 44.7 Å². The lowest BCUT2D eigenvalue weighted by atomic mass is 10.0. The highest BCUT2D eigenvalue weighted by molar-refractivity contribution is 9.11. The maximum absolute atomic E-state index is 12.4. The van der Waals surface area contributed by atoms with Gasteiger partial charge < -0.3 is 49.8 Å². The molecule has 2 amide bonds. The molecule has 0 fully saturated rings. The molecular formula is C79H62Br3N23O8. The van der Waals surface area contributed by atoms with Gasteiger partial charge in [0, 0.05) is 83.8 Å². The van der Waals surface area contributed by atoms with E-state index < -0.39 is 5.97 Å². The quantitative estimate of drug-likeness (QED) is 0.0779. The lowest BCUT2D eigenvalue weighted by Gasteiger charge is -2.12. The van der Waals surface area contributed by atoms with Crippen molar-refractivity contribution in [2.24, 2.45) is 0 Å². The number of carboxylic acid groups (broad SMARTS) is 1. The molecule has 0 aliphatic heterocycles. The number of hydrogen-bond acceptors (Lipinski definition) is 28. The number of amides is 2. The average molecular weight is 1700 g/mol. The molecule has 0 atom stereocenters. The van der Waals surface area contributed by atoms with Crippen molar-refractivity contribution in [3.63, 3.8) is 0 Å². The van der Waals surface area contributed by atoms with Crippen LogP contribution in [0, 0.1) is 37.5 Å². The second kappa shape index (κ2) is 37.2. The monoisotopic (exact) mass is 1700 g/mol. The third-order valence-corrected chi connectivity index (χ3v) is 16.6. The van der Waals surface area contributed by atoms with Crippen LogP contribution in [0.4, 0.5) is 17.5 Å². The molecule has 0 unspecified atom stereocenters. The van der Waals surface area contributed by atoms with Crippen LogP contribution in [0.25, 0.3) is 115 Å². The standard InChI is InChI=1S/C25H21N5O2.C24H20N6O2.C13H9BrN4O.C12H8BrN5O.C5H4BrN3O2/c1-5-9-18-14-19(25(31)30(3)4)12-13-20(18)21-15-26-16(2)22(27-21)24-29-28-23(32-24)17-10-7-6-8-11-17;1-4-8-16-13-17(24(31)30(2)3)11-12-18(16)19-14-26-21(25)20(27-19)23-29-28-22(32-23)15-9-6-5-7-10-15;1-8-11(16-10(14)7-15-8)13-18-17-12(19-13)9-5-3-2-4-6-9;13-8-6-15-10(14)9(16-8)12-18-17-11(19-12)7-4-2-1-3-5-7;6-2-1-8-4(7)3(9-2)5(10)11/h6-8,10-15H,1-4H3;5-7,9-14H,1-3H3,(H2,25,26);2-7H,1H3;1-6H,(H2,14,15);1H,(H2,7,8)(H,10,11). The van der Waals surface area contributed by atoms with Crippen molar-refractivity contribution in [3.8, 4) is 138 Å². The molecule has 0 bridgehead atoms. The Kier molecular flexibility index (Phi) is 26.2. The first-order valence-electron chi connectivity index (χ1n) is 33.4.